The second kappa shape index (κ2) is 6.21. The maximum absolute atomic E-state index is 11.3. The molecule has 1 aliphatic carbocycles. The fraction of sp³-hybridized carbons (Fsp3) is 0.909. The molecule has 0 heterocycles. The van der Waals surface area contributed by atoms with Crippen molar-refractivity contribution in [3.63, 3.8) is 0 Å². The predicted octanol–water partition coefficient (Wildman–Crippen LogP) is 1.09. The molecular formula is C11H20N2O2S. The third kappa shape index (κ3) is 4.11. The van der Waals surface area contributed by atoms with E-state index >= 15 is 0 Å². The Morgan fingerprint density at radius 2 is 2.06 bits per heavy atom. The Balaban J connectivity index is 2.34. The average molecular weight is 244 g/mol. The van der Waals surface area contributed by atoms with Crippen LogP contribution in [0.2, 0.25) is 0 Å². The molecule has 0 radical (unpaired) electrons. The molecule has 1 rings (SSSR count). The molecule has 4 nitrogen and oxygen atoms in total. The lowest BCUT2D eigenvalue weighted by molar-refractivity contribution is 0.317. The summed E-state index contributed by atoms with van der Waals surface area (Å²) in [6.07, 6.45) is 4.18. The van der Waals surface area contributed by atoms with Crippen LogP contribution in [0.5, 0.6) is 0 Å². The molecule has 0 spiro atoms. The molecule has 16 heavy (non-hydrogen) atoms. The second-order valence-electron chi connectivity index (χ2n) is 4.32. The van der Waals surface area contributed by atoms with Gasteiger partial charge in [0, 0.05) is 18.3 Å². The summed E-state index contributed by atoms with van der Waals surface area (Å²) in [5, 5.41) is 12.2. The van der Waals surface area contributed by atoms with Crippen LogP contribution in [0.4, 0.5) is 0 Å². The normalized spacial score (nSPS) is 26.2. The Morgan fingerprint density at radius 3 is 2.69 bits per heavy atom. The highest BCUT2D eigenvalue weighted by molar-refractivity contribution is 7.91. The van der Waals surface area contributed by atoms with Crippen LogP contribution in [0.3, 0.4) is 0 Å². The standard InChI is InChI=1S/C11H20N2O2S/c1-2-16(14,15)8-7-13-11-6-4-3-5-10(11)9-12/h10-11,13H,2-8H2,1H3. The van der Waals surface area contributed by atoms with Crippen LogP contribution in [-0.4, -0.2) is 32.5 Å². The maximum Gasteiger partial charge on any atom is 0.151 e. The van der Waals surface area contributed by atoms with E-state index in [0.717, 1.165) is 25.7 Å². The topological polar surface area (TPSA) is 70.0 Å². The molecule has 2 atom stereocenters. The van der Waals surface area contributed by atoms with Gasteiger partial charge in [-0.3, -0.25) is 0 Å². The first-order chi connectivity index (χ1) is 7.59. The van der Waals surface area contributed by atoms with Crippen molar-refractivity contribution >= 4 is 9.84 Å². The van der Waals surface area contributed by atoms with Gasteiger partial charge in [-0.15, -0.1) is 0 Å². The van der Waals surface area contributed by atoms with Crippen molar-refractivity contribution in [2.45, 2.75) is 38.6 Å². The molecule has 0 aromatic rings. The molecule has 2 unspecified atom stereocenters. The van der Waals surface area contributed by atoms with Crippen molar-refractivity contribution in [1.29, 1.82) is 5.26 Å². The molecule has 0 bridgehead atoms. The van der Waals surface area contributed by atoms with Crippen molar-refractivity contribution < 1.29 is 8.42 Å². The number of nitriles is 1. The molecule has 1 N–H and O–H groups in total. The summed E-state index contributed by atoms with van der Waals surface area (Å²) in [4.78, 5) is 0. The van der Waals surface area contributed by atoms with Gasteiger partial charge in [-0.25, -0.2) is 8.42 Å². The van der Waals surface area contributed by atoms with Gasteiger partial charge in [0.1, 0.15) is 0 Å². The lowest BCUT2D eigenvalue weighted by Crippen LogP contribution is -2.40. The predicted molar refractivity (Wildman–Crippen MR) is 63.7 cm³/mol. The zero-order valence-electron chi connectivity index (χ0n) is 9.78. The van der Waals surface area contributed by atoms with Crippen molar-refractivity contribution in [3.05, 3.63) is 0 Å². The monoisotopic (exact) mass is 244 g/mol. The van der Waals surface area contributed by atoms with Crippen LogP contribution in [0.25, 0.3) is 0 Å². The molecular weight excluding hydrogens is 224 g/mol. The molecule has 0 aromatic heterocycles. The molecule has 5 heteroatoms. The fourth-order valence-electron chi connectivity index (χ4n) is 2.07. The van der Waals surface area contributed by atoms with E-state index < -0.39 is 9.84 Å². The number of sulfone groups is 1. The van der Waals surface area contributed by atoms with E-state index in [2.05, 4.69) is 11.4 Å². The van der Waals surface area contributed by atoms with Gasteiger partial charge in [0.2, 0.25) is 0 Å². The second-order valence-corrected chi connectivity index (χ2v) is 6.79. The van der Waals surface area contributed by atoms with Gasteiger partial charge in [-0.05, 0) is 12.8 Å². The van der Waals surface area contributed by atoms with Gasteiger partial charge in [0.05, 0.1) is 17.7 Å². The largest absolute Gasteiger partial charge is 0.312 e. The van der Waals surface area contributed by atoms with Gasteiger partial charge in [0.15, 0.2) is 9.84 Å². The molecule has 0 aliphatic heterocycles. The van der Waals surface area contributed by atoms with E-state index in [1.165, 1.54) is 0 Å². The van der Waals surface area contributed by atoms with E-state index in [-0.39, 0.29) is 23.5 Å². The Morgan fingerprint density at radius 1 is 1.38 bits per heavy atom. The van der Waals surface area contributed by atoms with E-state index in [1.807, 2.05) is 0 Å². The first kappa shape index (κ1) is 13.5. The van der Waals surface area contributed by atoms with E-state index in [0.29, 0.717) is 6.54 Å². The molecule has 92 valence electrons. The van der Waals surface area contributed by atoms with E-state index in [1.54, 1.807) is 6.92 Å². The third-order valence-corrected chi connectivity index (χ3v) is 4.90. The molecule has 0 amide bonds. The van der Waals surface area contributed by atoms with Crippen LogP contribution < -0.4 is 5.32 Å². The fourth-order valence-corrected chi connectivity index (χ4v) is 2.79. The third-order valence-electron chi connectivity index (χ3n) is 3.19. The molecule has 1 aliphatic rings. The summed E-state index contributed by atoms with van der Waals surface area (Å²) in [6.45, 7) is 2.13. The minimum atomic E-state index is -2.89. The van der Waals surface area contributed by atoms with Crippen molar-refractivity contribution in [3.8, 4) is 6.07 Å². The Kier molecular flexibility index (Phi) is 5.23. The molecule has 1 saturated carbocycles. The highest BCUT2D eigenvalue weighted by atomic mass is 32.2. The van der Waals surface area contributed by atoms with E-state index in [4.69, 9.17) is 5.26 Å². The number of rotatable bonds is 5. The lowest BCUT2D eigenvalue weighted by Gasteiger charge is -2.27. The summed E-state index contributed by atoms with van der Waals surface area (Å²) in [6, 6.07) is 2.49. The minimum Gasteiger partial charge on any atom is -0.312 e. The molecule has 0 aromatic carbocycles. The van der Waals surface area contributed by atoms with Crippen LogP contribution in [0.15, 0.2) is 0 Å². The van der Waals surface area contributed by atoms with Gasteiger partial charge < -0.3 is 5.32 Å². The molecule has 1 fully saturated rings. The number of hydrogen-bond acceptors (Lipinski definition) is 4. The quantitative estimate of drug-likeness (QED) is 0.786. The first-order valence-corrected chi connectivity index (χ1v) is 7.74. The van der Waals surface area contributed by atoms with Gasteiger partial charge in [-0.2, -0.15) is 5.26 Å². The summed E-state index contributed by atoms with van der Waals surface area (Å²) >= 11 is 0. The lowest BCUT2D eigenvalue weighted by atomic mass is 9.85. The van der Waals surface area contributed by atoms with Crippen molar-refractivity contribution in [1.82, 2.24) is 5.32 Å². The zero-order valence-corrected chi connectivity index (χ0v) is 10.6. The van der Waals surface area contributed by atoms with Crippen molar-refractivity contribution in [2.75, 3.05) is 18.1 Å². The number of nitrogens with one attached hydrogen (secondary N) is 1. The highest BCUT2D eigenvalue weighted by Gasteiger charge is 2.24. The minimum absolute atomic E-state index is 0.0538. The summed E-state index contributed by atoms with van der Waals surface area (Å²) in [5.41, 5.74) is 0. The zero-order chi connectivity index (χ0) is 12.0. The maximum atomic E-state index is 11.3. The van der Waals surface area contributed by atoms with Crippen LogP contribution in [-0.2, 0) is 9.84 Å². The SMILES string of the molecule is CCS(=O)(=O)CCNC1CCCCC1C#N. The first-order valence-electron chi connectivity index (χ1n) is 5.92. The van der Waals surface area contributed by atoms with Crippen LogP contribution >= 0.6 is 0 Å². The summed E-state index contributed by atoms with van der Waals surface area (Å²) in [7, 11) is -2.89. The summed E-state index contributed by atoms with van der Waals surface area (Å²) in [5.74, 6) is 0.428. The van der Waals surface area contributed by atoms with E-state index in [9.17, 15) is 8.42 Å². The number of nitrogens with zero attached hydrogens (tertiary/aromatic N) is 1. The van der Waals surface area contributed by atoms with Crippen molar-refractivity contribution in [2.24, 2.45) is 5.92 Å². The summed E-state index contributed by atoms with van der Waals surface area (Å²) < 4.78 is 22.6. The van der Waals surface area contributed by atoms with Crippen LogP contribution in [0, 0.1) is 17.2 Å². The van der Waals surface area contributed by atoms with Crippen LogP contribution in [0.1, 0.15) is 32.6 Å². The Bertz CT molecular complexity index is 345. The number of hydrogen-bond donors (Lipinski definition) is 1. The Labute approximate surface area is 98.0 Å². The average Bonchev–Trinajstić information content (AvgIpc) is 2.29. The highest BCUT2D eigenvalue weighted by Crippen LogP contribution is 2.23. The smallest absolute Gasteiger partial charge is 0.151 e. The van der Waals surface area contributed by atoms with Gasteiger partial charge in [-0.1, -0.05) is 19.8 Å². The molecule has 0 saturated heterocycles. The Hall–Kier alpha value is -0.600. The van der Waals surface area contributed by atoms with Gasteiger partial charge in [0.25, 0.3) is 0 Å². The van der Waals surface area contributed by atoms with Gasteiger partial charge >= 0.3 is 0 Å².